The highest BCUT2D eigenvalue weighted by molar-refractivity contribution is 7.91. The van der Waals surface area contributed by atoms with Gasteiger partial charge in [0.15, 0.2) is 0 Å². The average Bonchev–Trinajstić information content (AvgIpc) is 2.41. The summed E-state index contributed by atoms with van der Waals surface area (Å²) >= 11 is 0. The Bertz CT molecular complexity index is 739. The molecule has 20 heavy (non-hydrogen) atoms. The van der Waals surface area contributed by atoms with Crippen molar-refractivity contribution in [2.75, 3.05) is 5.73 Å². The lowest BCUT2D eigenvalue weighted by Gasteiger charge is -2.10. The van der Waals surface area contributed by atoms with Crippen molar-refractivity contribution in [3.8, 4) is 0 Å². The maximum atomic E-state index is 12.5. The first-order chi connectivity index (χ1) is 9.43. The molecule has 0 aliphatic rings. The Kier molecular flexibility index (Phi) is 3.76. The van der Waals surface area contributed by atoms with E-state index in [1.807, 2.05) is 0 Å². The summed E-state index contributed by atoms with van der Waals surface area (Å²) < 4.78 is 24.9. The lowest BCUT2D eigenvalue weighted by Crippen LogP contribution is -2.10. The molecule has 104 valence electrons. The highest BCUT2D eigenvalue weighted by Gasteiger charge is 2.22. The summed E-state index contributed by atoms with van der Waals surface area (Å²) in [5.74, 6) is -1.06. The van der Waals surface area contributed by atoms with Gasteiger partial charge in [0, 0.05) is 0 Å². The zero-order valence-corrected chi connectivity index (χ0v) is 11.3. The molecule has 6 heteroatoms. The van der Waals surface area contributed by atoms with Gasteiger partial charge < -0.3 is 10.8 Å². The fourth-order valence-electron chi connectivity index (χ4n) is 1.87. The van der Waals surface area contributed by atoms with Crippen molar-refractivity contribution in [2.24, 2.45) is 0 Å². The van der Waals surface area contributed by atoms with Crippen LogP contribution in [-0.4, -0.2) is 19.5 Å². The number of nitrogen functional groups attached to an aromatic ring is 1. The topological polar surface area (TPSA) is 97.5 Å². The Labute approximate surface area is 116 Å². The summed E-state index contributed by atoms with van der Waals surface area (Å²) in [6, 6.07) is 12.3. The number of carbonyl (C=O) groups is 1. The van der Waals surface area contributed by atoms with Crippen LogP contribution in [0.1, 0.15) is 5.56 Å². The van der Waals surface area contributed by atoms with Crippen LogP contribution in [0.3, 0.4) is 0 Å². The highest BCUT2D eigenvalue weighted by Crippen LogP contribution is 2.28. The molecule has 0 amide bonds. The minimum atomic E-state index is -3.75. The molecule has 2 aromatic carbocycles. The van der Waals surface area contributed by atoms with Crippen LogP contribution >= 0.6 is 0 Å². The van der Waals surface area contributed by atoms with Gasteiger partial charge in [-0.1, -0.05) is 30.3 Å². The van der Waals surface area contributed by atoms with Gasteiger partial charge in [-0.05, 0) is 23.8 Å². The van der Waals surface area contributed by atoms with Crippen LogP contribution in [0.15, 0.2) is 58.3 Å². The van der Waals surface area contributed by atoms with Gasteiger partial charge in [-0.3, -0.25) is 4.79 Å². The first kappa shape index (κ1) is 14.1. The van der Waals surface area contributed by atoms with Crippen molar-refractivity contribution in [3.63, 3.8) is 0 Å². The molecule has 0 aliphatic heterocycles. The predicted molar refractivity (Wildman–Crippen MR) is 74.1 cm³/mol. The van der Waals surface area contributed by atoms with Gasteiger partial charge in [-0.2, -0.15) is 0 Å². The predicted octanol–water partition coefficient (Wildman–Crippen LogP) is 1.73. The number of nitrogens with two attached hydrogens (primary N) is 1. The minimum Gasteiger partial charge on any atom is -0.481 e. The van der Waals surface area contributed by atoms with Crippen molar-refractivity contribution in [3.05, 3.63) is 54.1 Å². The molecule has 3 N–H and O–H groups in total. The third-order valence-electron chi connectivity index (χ3n) is 2.84. The molecule has 0 saturated carbocycles. The number of anilines is 1. The van der Waals surface area contributed by atoms with Gasteiger partial charge in [0.2, 0.25) is 9.84 Å². The van der Waals surface area contributed by atoms with Gasteiger partial charge in [-0.25, -0.2) is 8.42 Å². The second kappa shape index (κ2) is 5.34. The van der Waals surface area contributed by atoms with Crippen molar-refractivity contribution in [2.45, 2.75) is 16.2 Å². The lowest BCUT2D eigenvalue weighted by atomic mass is 10.1. The number of aliphatic carboxylic acids is 1. The highest BCUT2D eigenvalue weighted by atomic mass is 32.2. The van der Waals surface area contributed by atoms with Gasteiger partial charge in [0.05, 0.1) is 21.9 Å². The molecule has 0 aromatic heterocycles. The molecular weight excluding hydrogens is 278 g/mol. The fourth-order valence-corrected chi connectivity index (χ4v) is 3.32. The Morgan fingerprint density at radius 1 is 1.05 bits per heavy atom. The van der Waals surface area contributed by atoms with E-state index in [4.69, 9.17) is 10.8 Å². The second-order valence-electron chi connectivity index (χ2n) is 4.22. The van der Waals surface area contributed by atoms with E-state index in [0.717, 1.165) is 0 Å². The van der Waals surface area contributed by atoms with Gasteiger partial charge in [0.25, 0.3) is 0 Å². The molecule has 0 radical (unpaired) electrons. The smallest absolute Gasteiger partial charge is 0.307 e. The van der Waals surface area contributed by atoms with E-state index >= 15 is 0 Å². The summed E-state index contributed by atoms with van der Waals surface area (Å²) in [6.07, 6.45) is -0.315. The standard InChI is InChI=1S/C14H13NO4S/c15-14-10(9-13(16)17)5-4-8-12(14)20(18,19)11-6-2-1-3-7-11/h1-8H,9,15H2,(H,16,17). The molecule has 0 heterocycles. The zero-order chi connectivity index (χ0) is 14.8. The van der Waals surface area contributed by atoms with Gasteiger partial charge in [0.1, 0.15) is 0 Å². The number of hydrogen-bond acceptors (Lipinski definition) is 4. The molecule has 5 nitrogen and oxygen atoms in total. The van der Waals surface area contributed by atoms with Gasteiger partial charge >= 0.3 is 5.97 Å². The molecule has 0 unspecified atom stereocenters. The summed E-state index contributed by atoms with van der Waals surface area (Å²) in [4.78, 5) is 10.8. The molecule has 0 fully saturated rings. The van der Waals surface area contributed by atoms with Gasteiger partial charge in [-0.15, -0.1) is 0 Å². The normalized spacial score (nSPS) is 11.2. The Morgan fingerprint density at radius 2 is 1.70 bits per heavy atom. The van der Waals surface area contributed by atoms with E-state index in [0.29, 0.717) is 0 Å². The second-order valence-corrected chi connectivity index (χ2v) is 6.13. The van der Waals surface area contributed by atoms with Crippen molar-refractivity contribution in [1.29, 1.82) is 0 Å². The molecule has 0 aliphatic carbocycles. The number of rotatable bonds is 4. The third-order valence-corrected chi connectivity index (χ3v) is 4.67. The molecule has 2 aromatic rings. The Hall–Kier alpha value is -2.34. The average molecular weight is 291 g/mol. The minimum absolute atomic E-state index is 0.0150. The van der Waals surface area contributed by atoms with Crippen molar-refractivity contribution < 1.29 is 18.3 Å². The molecule has 0 atom stereocenters. The van der Waals surface area contributed by atoms with Crippen LogP contribution in [0, 0.1) is 0 Å². The summed E-state index contributed by atoms with van der Waals surface area (Å²) in [7, 11) is -3.75. The molecule has 0 spiro atoms. The first-order valence-corrected chi connectivity index (χ1v) is 7.30. The van der Waals surface area contributed by atoms with Crippen LogP contribution in [-0.2, 0) is 21.1 Å². The molecule has 2 rings (SSSR count). The van der Waals surface area contributed by atoms with E-state index in [1.165, 1.54) is 30.3 Å². The third kappa shape index (κ3) is 2.65. The van der Waals surface area contributed by atoms with Crippen molar-refractivity contribution in [1.82, 2.24) is 0 Å². The monoisotopic (exact) mass is 291 g/mol. The maximum absolute atomic E-state index is 12.5. The van der Waals surface area contributed by atoms with Crippen molar-refractivity contribution >= 4 is 21.5 Å². The van der Waals surface area contributed by atoms with Crippen LogP contribution in [0.2, 0.25) is 0 Å². The number of carboxylic acids is 1. The SMILES string of the molecule is Nc1c(CC(=O)O)cccc1S(=O)(=O)c1ccccc1. The first-order valence-electron chi connectivity index (χ1n) is 5.82. The molecule has 0 saturated heterocycles. The van der Waals surface area contributed by atoms with E-state index in [-0.39, 0.29) is 27.5 Å². The molecular formula is C14H13NO4S. The quantitative estimate of drug-likeness (QED) is 0.836. The summed E-state index contributed by atoms with van der Waals surface area (Å²) in [5, 5.41) is 8.80. The van der Waals surface area contributed by atoms with Crippen LogP contribution in [0.4, 0.5) is 5.69 Å². The summed E-state index contributed by atoms with van der Waals surface area (Å²) in [5.41, 5.74) is 6.08. The van der Waals surface area contributed by atoms with E-state index < -0.39 is 15.8 Å². The van der Waals surface area contributed by atoms with Crippen LogP contribution < -0.4 is 5.73 Å². The Morgan fingerprint density at radius 3 is 2.30 bits per heavy atom. The number of carboxylic acid groups (broad SMARTS) is 1. The van der Waals surface area contributed by atoms with E-state index in [1.54, 1.807) is 18.2 Å². The Balaban J connectivity index is 2.56. The largest absolute Gasteiger partial charge is 0.481 e. The van der Waals surface area contributed by atoms with E-state index in [2.05, 4.69) is 0 Å². The lowest BCUT2D eigenvalue weighted by molar-refractivity contribution is -0.136. The number of para-hydroxylation sites is 1. The van der Waals surface area contributed by atoms with Crippen LogP contribution in [0.25, 0.3) is 0 Å². The van der Waals surface area contributed by atoms with Crippen LogP contribution in [0.5, 0.6) is 0 Å². The molecule has 0 bridgehead atoms. The number of sulfone groups is 1. The maximum Gasteiger partial charge on any atom is 0.307 e. The summed E-state index contributed by atoms with van der Waals surface area (Å²) in [6.45, 7) is 0. The number of benzene rings is 2. The number of hydrogen-bond donors (Lipinski definition) is 2. The zero-order valence-electron chi connectivity index (χ0n) is 10.5. The fraction of sp³-hybridized carbons (Fsp3) is 0.0714. The van der Waals surface area contributed by atoms with E-state index in [9.17, 15) is 13.2 Å².